The summed E-state index contributed by atoms with van der Waals surface area (Å²) in [6, 6.07) is 10.6. The van der Waals surface area contributed by atoms with Crippen LogP contribution in [0.5, 0.6) is 0 Å². The summed E-state index contributed by atoms with van der Waals surface area (Å²) in [5.74, 6) is -4.33. The summed E-state index contributed by atoms with van der Waals surface area (Å²) in [7, 11) is 18.8. The molecule has 0 spiro atoms. The van der Waals surface area contributed by atoms with Gasteiger partial charge < -0.3 is 35.4 Å². The fourth-order valence-corrected chi connectivity index (χ4v) is 5.07. The summed E-state index contributed by atoms with van der Waals surface area (Å²) in [5, 5.41) is 27.8. The maximum Gasteiger partial charge on any atom is 0.358 e. The van der Waals surface area contributed by atoms with Crippen molar-refractivity contribution in [3.63, 3.8) is 0 Å². The Bertz CT molecular complexity index is 2410. The fraction of sp³-hybridized carbons (Fsp3) is 0.212. The number of ether oxygens (including phenoxy) is 2. The highest BCUT2D eigenvalue weighted by Gasteiger charge is 2.17. The highest BCUT2D eigenvalue weighted by Crippen LogP contribution is 2.20. The molecule has 1 amide bonds. The molecule has 0 aliphatic rings. The largest absolute Gasteiger partial charge is 0.693 e. The van der Waals surface area contributed by atoms with E-state index in [1.165, 1.54) is 64.3 Å². The van der Waals surface area contributed by atoms with Gasteiger partial charge in [0.05, 0.1) is 14.2 Å². The molecule has 0 saturated carbocycles. The van der Waals surface area contributed by atoms with Crippen LogP contribution in [0.1, 0.15) is 52.4 Å². The number of carbonyl (C=O) groups is 5. The van der Waals surface area contributed by atoms with Crippen molar-refractivity contribution >= 4 is 126 Å². The highest BCUT2D eigenvalue weighted by molar-refractivity contribution is 9.11. The first-order valence-corrected chi connectivity index (χ1v) is 19.8. The number of H-pyrrole nitrogens is 1. The molecular formula is C33H32B2Br4ClF2N11O9-. The number of carboxylic acid groups (broad SMARTS) is 1. The second kappa shape index (κ2) is 26.3. The lowest BCUT2D eigenvalue weighted by Gasteiger charge is -2.05. The Morgan fingerprint density at radius 1 is 0.710 bits per heavy atom. The molecule has 0 unspecified atom stereocenters. The first-order valence-electron chi connectivity index (χ1n) is 16.2. The first-order chi connectivity index (χ1) is 29.0. The number of aryl methyl sites for hydroxylation is 5. The number of carboxylic acids is 1. The second-order valence-electron chi connectivity index (χ2n) is 11.1. The Hall–Kier alpha value is -5.18. The molecule has 0 atom stereocenters. The van der Waals surface area contributed by atoms with Crippen molar-refractivity contribution in [3.8, 4) is 0 Å². The summed E-state index contributed by atoms with van der Waals surface area (Å²) in [4.78, 5) is 64.9. The van der Waals surface area contributed by atoms with Gasteiger partial charge in [-0.2, -0.15) is 20.4 Å². The van der Waals surface area contributed by atoms with E-state index >= 15 is 0 Å². The van der Waals surface area contributed by atoms with Gasteiger partial charge in [-0.1, -0.05) is 6.07 Å². The maximum atomic E-state index is 13.3. The van der Waals surface area contributed by atoms with Crippen molar-refractivity contribution in [2.75, 3.05) is 19.5 Å². The third-order valence-corrected chi connectivity index (χ3v) is 9.99. The minimum Gasteiger partial charge on any atom is -0.693 e. The molecule has 6 aromatic rings. The topological polar surface area (TPSA) is 245 Å². The lowest BCUT2D eigenvalue weighted by Crippen LogP contribution is -2.15. The van der Waals surface area contributed by atoms with Crippen molar-refractivity contribution in [2.24, 2.45) is 35.2 Å². The quantitative estimate of drug-likeness (QED) is 0.115. The predicted octanol–water partition coefficient (Wildman–Crippen LogP) is 4.86. The van der Waals surface area contributed by atoms with Crippen LogP contribution in [0.2, 0.25) is 0 Å². The lowest BCUT2D eigenvalue weighted by molar-refractivity contribution is 0.0584. The molecule has 5 radical (unpaired) electrons. The summed E-state index contributed by atoms with van der Waals surface area (Å²) in [6.07, 6.45) is 0. The average Bonchev–Trinajstić information content (AvgIpc) is 4.04. The van der Waals surface area contributed by atoms with Crippen LogP contribution in [0, 0.1) is 11.6 Å². The van der Waals surface area contributed by atoms with Gasteiger partial charge in [0.25, 0.3) is 16.7 Å². The Balaban J connectivity index is 0.000000392. The van der Waals surface area contributed by atoms with Gasteiger partial charge in [-0.25, -0.2) is 23.2 Å². The molecule has 20 nitrogen and oxygen atoms in total. The van der Waals surface area contributed by atoms with Crippen molar-refractivity contribution in [3.05, 3.63) is 117 Å². The van der Waals surface area contributed by atoms with E-state index < -0.39 is 46.4 Å². The highest BCUT2D eigenvalue weighted by atomic mass is 79.9. The third kappa shape index (κ3) is 16.9. The number of hydrogen-bond donors (Lipinski definition) is 3. The van der Waals surface area contributed by atoms with Crippen LogP contribution in [-0.4, -0.2) is 113 Å². The van der Waals surface area contributed by atoms with E-state index in [4.69, 9.17) is 16.7 Å². The summed E-state index contributed by atoms with van der Waals surface area (Å²) >= 11 is 17.8. The minimum absolute atomic E-state index is 0.0503. The maximum absolute atomic E-state index is 13.3. The van der Waals surface area contributed by atoms with Crippen LogP contribution in [0.15, 0.2) is 71.7 Å². The number of aromatic carboxylic acids is 1. The Morgan fingerprint density at radius 3 is 1.39 bits per heavy atom. The summed E-state index contributed by atoms with van der Waals surface area (Å²) in [6.45, 7) is 0. The zero-order chi connectivity index (χ0) is 47.6. The fourth-order valence-electron chi connectivity index (χ4n) is 3.79. The number of aromatic nitrogens is 10. The number of rotatable bonds is 6. The van der Waals surface area contributed by atoms with Crippen LogP contribution >= 0.6 is 75.3 Å². The number of nitrogens with zero attached hydrogens (tertiary/aromatic N) is 9. The molecule has 5 aromatic heterocycles. The average molecular weight is 1140 g/mol. The van der Waals surface area contributed by atoms with Gasteiger partial charge in [-0.15, -0.1) is 0 Å². The smallest absolute Gasteiger partial charge is 0.358 e. The number of aromatic amines is 1. The molecule has 29 heteroatoms. The van der Waals surface area contributed by atoms with E-state index in [-0.39, 0.29) is 28.3 Å². The van der Waals surface area contributed by atoms with Crippen LogP contribution in [-0.2, 0) is 44.7 Å². The van der Waals surface area contributed by atoms with Gasteiger partial charge >= 0.3 is 17.9 Å². The Kier molecular flexibility index (Phi) is 23.3. The van der Waals surface area contributed by atoms with Gasteiger partial charge in [0.2, 0.25) is 0 Å². The van der Waals surface area contributed by atoms with Gasteiger partial charge in [0, 0.05) is 65.6 Å². The monoisotopic (exact) mass is 1140 g/mol. The lowest BCUT2D eigenvalue weighted by atomic mass is 9.81. The first kappa shape index (κ1) is 54.8. The van der Waals surface area contributed by atoms with Crippen molar-refractivity contribution in [2.45, 2.75) is 0 Å². The second-order valence-corrected chi connectivity index (χ2v) is 14.7. The number of halogens is 7. The number of anilines is 1. The molecule has 329 valence electrons. The number of methoxy groups -OCH3 is 2. The van der Waals surface area contributed by atoms with E-state index in [0.29, 0.717) is 14.9 Å². The van der Waals surface area contributed by atoms with Crippen molar-refractivity contribution in [1.29, 1.82) is 0 Å². The molecule has 0 aliphatic carbocycles. The number of nitrogens with one attached hydrogen (secondary N) is 2. The van der Waals surface area contributed by atoms with E-state index in [1.54, 1.807) is 45.0 Å². The van der Waals surface area contributed by atoms with Crippen molar-refractivity contribution < 1.29 is 47.3 Å². The van der Waals surface area contributed by atoms with Gasteiger partial charge in [0.15, 0.2) is 17.1 Å². The molecule has 6 rings (SSSR count). The van der Waals surface area contributed by atoms with Crippen LogP contribution in [0.4, 0.5) is 14.5 Å². The van der Waals surface area contributed by atoms with Crippen molar-refractivity contribution in [1.82, 2.24) is 48.9 Å². The normalized spacial score (nSPS) is 9.73. The predicted molar refractivity (Wildman–Crippen MR) is 235 cm³/mol. The van der Waals surface area contributed by atoms with Crippen LogP contribution in [0.25, 0.3) is 0 Å². The standard InChI is InChI=1S/C11H8BrF2N3O.C6H7BrN2O2.C6H8N2O3.C5H4BrClN2O.C5H5BrN2O2.B2/c1-17-9(12)5-8(16-17)11(18)15-10-6(13)3-2-4-7(10)14;1-9-5(7)3-4(8-9)6(10)11-2;1-8-5(9)3-4(7-8)6(10)11-2;1-9-4(6)2-3(8-9)5(7)10;1-8-4(6)2-3(7-8)5(9)10;1-2/h2-5H,1H3,(H,15,18);3H,1-2H3;3,7H,1-2H3;2H,1H3;2H,1H3,(H,9,10);/q;;;;;-1. The third-order valence-electron chi connectivity index (χ3n) is 6.83. The molecule has 3 N–H and O–H groups in total. The zero-order valence-electron chi connectivity index (χ0n) is 33.2. The summed E-state index contributed by atoms with van der Waals surface area (Å²) < 4.78 is 45.4. The van der Waals surface area contributed by atoms with Crippen LogP contribution in [0.3, 0.4) is 0 Å². The van der Waals surface area contributed by atoms with Gasteiger partial charge in [0.1, 0.15) is 47.1 Å². The van der Waals surface area contributed by atoms with Gasteiger partial charge in [-0.3, -0.25) is 42.9 Å². The number of amides is 1. The molecule has 0 aliphatic heterocycles. The molecule has 0 bridgehead atoms. The van der Waals surface area contributed by atoms with E-state index in [1.807, 2.05) is 0 Å². The molecule has 0 fully saturated rings. The molecule has 0 saturated heterocycles. The summed E-state index contributed by atoms with van der Waals surface area (Å²) in [5.41, 5.74) is 0.106. The number of esters is 2. The van der Waals surface area contributed by atoms with E-state index in [0.717, 1.165) is 21.3 Å². The number of hydrogen-bond acceptors (Lipinski definition) is 12. The van der Waals surface area contributed by atoms with Crippen LogP contribution < -0.4 is 10.9 Å². The Morgan fingerprint density at radius 2 is 1.10 bits per heavy atom. The molecule has 62 heavy (non-hydrogen) atoms. The molecular weight excluding hydrogens is 1110 g/mol. The van der Waals surface area contributed by atoms with Gasteiger partial charge in [-0.05, 0) is 87.5 Å². The number of para-hydroxylation sites is 1. The molecule has 5 heterocycles. The number of carbonyl (C=O) groups excluding carboxylic acids is 4. The zero-order valence-corrected chi connectivity index (χ0v) is 40.3. The van der Waals surface area contributed by atoms with E-state index in [9.17, 15) is 37.5 Å². The Labute approximate surface area is 391 Å². The number of benzene rings is 1. The SMILES string of the molecule is COC(=O)c1cc(=O)n(C)[nH]1.COC(=O)c1cc(Br)n(C)n1.Cn1nc(C(=O)Cl)cc1Br.Cn1nc(C(=O)Nc2c(F)cccc2F)cc1Br.Cn1nc(C(=O)O)cc1Br.[B][B-]. The molecule has 1 aromatic carbocycles. The minimum atomic E-state index is -1.01. The van der Waals surface area contributed by atoms with E-state index in [2.05, 4.69) is 119 Å².